The summed E-state index contributed by atoms with van der Waals surface area (Å²) in [6, 6.07) is 9.52. The predicted octanol–water partition coefficient (Wildman–Crippen LogP) is 3.02. The van der Waals surface area contributed by atoms with Crippen molar-refractivity contribution in [3.05, 3.63) is 36.5 Å². The molecule has 120 valence electrons. The molecular formula is C20H18N2O2. The largest absolute Gasteiger partial charge is 0.274 e. The quantitative estimate of drug-likeness (QED) is 0.760. The fourth-order valence-electron chi connectivity index (χ4n) is 6.06. The second-order valence-electron chi connectivity index (χ2n) is 7.88. The summed E-state index contributed by atoms with van der Waals surface area (Å²) in [5.41, 5.74) is 1.55. The predicted molar refractivity (Wildman–Crippen MR) is 89.0 cm³/mol. The number of amides is 2. The maximum atomic E-state index is 13.2. The van der Waals surface area contributed by atoms with Crippen molar-refractivity contribution < 1.29 is 9.59 Å². The van der Waals surface area contributed by atoms with Crippen molar-refractivity contribution in [3.8, 4) is 0 Å². The van der Waals surface area contributed by atoms with E-state index in [-0.39, 0.29) is 23.7 Å². The maximum absolute atomic E-state index is 13.2. The summed E-state index contributed by atoms with van der Waals surface area (Å²) in [4.78, 5) is 32.3. The van der Waals surface area contributed by atoms with E-state index in [9.17, 15) is 9.59 Å². The first kappa shape index (κ1) is 13.1. The standard InChI is InChI=1S/C20H18N2O2/c23-19-17-10-6-7-11(14-9-13(10)14)18(17)20(24)22(19)16-5-1-4-15-12(16)3-2-8-21-15/h1-5,8,10-11,13-14,17-18H,6-7,9H2/t10-,11+,13-,14+,17-,18+. The number of hydrogen-bond acceptors (Lipinski definition) is 3. The Morgan fingerprint density at radius 2 is 1.58 bits per heavy atom. The highest BCUT2D eigenvalue weighted by Gasteiger charge is 2.68. The number of aromatic nitrogens is 1. The zero-order chi connectivity index (χ0) is 16.0. The van der Waals surface area contributed by atoms with Crippen LogP contribution in [0, 0.1) is 35.5 Å². The van der Waals surface area contributed by atoms with E-state index in [1.807, 2.05) is 30.3 Å². The first-order chi connectivity index (χ1) is 11.8. The molecule has 5 fully saturated rings. The molecule has 2 aromatic rings. The Bertz CT molecular complexity index is 868. The maximum Gasteiger partial charge on any atom is 0.238 e. The van der Waals surface area contributed by atoms with Gasteiger partial charge in [0.15, 0.2) is 0 Å². The first-order valence-electron chi connectivity index (χ1n) is 8.97. The van der Waals surface area contributed by atoms with Gasteiger partial charge in [-0.1, -0.05) is 6.07 Å². The van der Waals surface area contributed by atoms with Crippen LogP contribution in [0.1, 0.15) is 19.3 Å². The van der Waals surface area contributed by atoms with E-state index in [0.717, 1.165) is 41.3 Å². The van der Waals surface area contributed by atoms with Crippen molar-refractivity contribution in [3.63, 3.8) is 0 Å². The van der Waals surface area contributed by atoms with Crippen molar-refractivity contribution in [2.45, 2.75) is 19.3 Å². The molecule has 2 bridgehead atoms. The lowest BCUT2D eigenvalue weighted by molar-refractivity contribution is -0.129. The Kier molecular flexibility index (Phi) is 2.31. The van der Waals surface area contributed by atoms with E-state index < -0.39 is 0 Å². The Labute approximate surface area is 139 Å². The van der Waals surface area contributed by atoms with E-state index in [0.29, 0.717) is 11.8 Å². The second-order valence-corrected chi connectivity index (χ2v) is 7.88. The summed E-state index contributed by atoms with van der Waals surface area (Å²) in [5.74, 6) is 2.28. The molecule has 6 atom stereocenters. The minimum Gasteiger partial charge on any atom is -0.274 e. The minimum atomic E-state index is -0.0630. The van der Waals surface area contributed by atoms with Gasteiger partial charge in [-0.25, -0.2) is 4.90 Å². The average molecular weight is 318 g/mol. The van der Waals surface area contributed by atoms with Gasteiger partial charge in [0.05, 0.1) is 23.0 Å². The van der Waals surface area contributed by atoms with E-state index in [1.54, 1.807) is 6.20 Å². The fourth-order valence-corrected chi connectivity index (χ4v) is 6.06. The lowest BCUT2D eigenvalue weighted by Gasteiger charge is -2.42. The number of fused-ring (bicyclic) bond motifs is 2. The van der Waals surface area contributed by atoms with Gasteiger partial charge in [0.25, 0.3) is 0 Å². The lowest BCUT2D eigenvalue weighted by atomic mass is 9.59. The van der Waals surface area contributed by atoms with Crippen molar-refractivity contribution in [1.29, 1.82) is 0 Å². The monoisotopic (exact) mass is 318 g/mol. The molecule has 0 unspecified atom stereocenters. The van der Waals surface area contributed by atoms with E-state index in [1.165, 1.54) is 11.3 Å². The fraction of sp³-hybridized carbons (Fsp3) is 0.450. The van der Waals surface area contributed by atoms with Gasteiger partial charge in [-0.15, -0.1) is 0 Å². The molecule has 0 spiro atoms. The van der Waals surface area contributed by atoms with Gasteiger partial charge in [0, 0.05) is 11.6 Å². The molecule has 4 heteroatoms. The van der Waals surface area contributed by atoms with Gasteiger partial charge < -0.3 is 0 Å². The van der Waals surface area contributed by atoms with Gasteiger partial charge in [-0.3, -0.25) is 14.6 Å². The van der Waals surface area contributed by atoms with Crippen LogP contribution in [0.4, 0.5) is 5.69 Å². The summed E-state index contributed by atoms with van der Waals surface area (Å²) in [6.45, 7) is 0. The zero-order valence-corrected chi connectivity index (χ0v) is 13.3. The Morgan fingerprint density at radius 1 is 0.875 bits per heavy atom. The van der Waals surface area contributed by atoms with Gasteiger partial charge in [0.1, 0.15) is 0 Å². The zero-order valence-electron chi connectivity index (χ0n) is 13.3. The average Bonchev–Trinajstić information content (AvgIpc) is 3.39. The number of benzene rings is 1. The van der Waals surface area contributed by atoms with Crippen molar-refractivity contribution in [2.24, 2.45) is 35.5 Å². The van der Waals surface area contributed by atoms with E-state index >= 15 is 0 Å². The van der Waals surface area contributed by atoms with Crippen LogP contribution in [0.2, 0.25) is 0 Å². The molecular weight excluding hydrogens is 300 g/mol. The Morgan fingerprint density at radius 3 is 2.29 bits per heavy atom. The summed E-state index contributed by atoms with van der Waals surface area (Å²) in [7, 11) is 0. The molecule has 5 aliphatic rings. The van der Waals surface area contributed by atoms with Crippen LogP contribution in [0.5, 0.6) is 0 Å². The molecule has 0 N–H and O–H groups in total. The molecule has 2 amide bonds. The van der Waals surface area contributed by atoms with Gasteiger partial charge in [-0.05, 0) is 67.2 Å². The third kappa shape index (κ3) is 1.43. The second kappa shape index (κ2) is 4.24. The molecule has 4 saturated carbocycles. The molecule has 1 saturated heterocycles. The third-order valence-corrected chi connectivity index (χ3v) is 7.01. The van der Waals surface area contributed by atoms with Crippen LogP contribution in [0.15, 0.2) is 36.5 Å². The molecule has 4 nitrogen and oxygen atoms in total. The Hall–Kier alpha value is -2.23. The third-order valence-electron chi connectivity index (χ3n) is 7.01. The van der Waals surface area contributed by atoms with Gasteiger partial charge in [-0.2, -0.15) is 0 Å². The SMILES string of the molecule is O=C1[C@@H]2[C@@H]3CC[C@@H]([C@@H]4C[C@@H]43)[C@@H]2C(=O)N1c1cccc2ncccc12. The lowest BCUT2D eigenvalue weighted by Crippen LogP contribution is -2.43. The number of imide groups is 1. The van der Waals surface area contributed by atoms with Gasteiger partial charge in [0.2, 0.25) is 11.8 Å². The number of pyridine rings is 1. The molecule has 1 aromatic carbocycles. The van der Waals surface area contributed by atoms with Crippen LogP contribution in [-0.4, -0.2) is 16.8 Å². The highest BCUT2D eigenvalue weighted by atomic mass is 16.2. The number of anilines is 1. The van der Waals surface area contributed by atoms with Crippen LogP contribution < -0.4 is 4.90 Å². The molecule has 24 heavy (non-hydrogen) atoms. The van der Waals surface area contributed by atoms with Crippen LogP contribution in [0.25, 0.3) is 10.9 Å². The molecule has 7 rings (SSSR count). The van der Waals surface area contributed by atoms with Gasteiger partial charge >= 0.3 is 0 Å². The smallest absolute Gasteiger partial charge is 0.238 e. The summed E-state index contributed by atoms with van der Waals surface area (Å²) < 4.78 is 0. The van der Waals surface area contributed by atoms with E-state index in [2.05, 4.69) is 4.98 Å². The summed E-state index contributed by atoms with van der Waals surface area (Å²) >= 11 is 0. The highest BCUT2D eigenvalue weighted by molar-refractivity contribution is 6.25. The Balaban J connectivity index is 1.51. The van der Waals surface area contributed by atoms with Crippen molar-refractivity contribution >= 4 is 28.4 Å². The topological polar surface area (TPSA) is 50.3 Å². The van der Waals surface area contributed by atoms with Crippen molar-refractivity contribution in [2.75, 3.05) is 4.90 Å². The molecule has 0 radical (unpaired) electrons. The van der Waals surface area contributed by atoms with E-state index in [4.69, 9.17) is 0 Å². The molecule has 1 aliphatic heterocycles. The van der Waals surface area contributed by atoms with Crippen molar-refractivity contribution in [1.82, 2.24) is 4.98 Å². The number of rotatable bonds is 1. The molecule has 2 heterocycles. The summed E-state index contributed by atoms with van der Waals surface area (Å²) in [5, 5.41) is 0.887. The first-order valence-corrected chi connectivity index (χ1v) is 8.97. The van der Waals surface area contributed by atoms with Crippen LogP contribution >= 0.6 is 0 Å². The molecule has 4 aliphatic carbocycles. The normalized spacial score (nSPS) is 39.2. The minimum absolute atomic E-state index is 0.0430. The van der Waals surface area contributed by atoms with Crippen LogP contribution in [0.3, 0.4) is 0 Å². The number of carbonyl (C=O) groups is 2. The number of hydrogen-bond donors (Lipinski definition) is 0. The number of nitrogens with zero attached hydrogens (tertiary/aromatic N) is 2. The number of carbonyl (C=O) groups excluding carboxylic acids is 2. The summed E-state index contributed by atoms with van der Waals surface area (Å²) in [6.07, 6.45) is 5.27. The molecule has 1 aromatic heterocycles. The highest BCUT2D eigenvalue weighted by Crippen LogP contribution is 2.68. The van der Waals surface area contributed by atoms with Crippen LogP contribution in [-0.2, 0) is 9.59 Å².